The zero-order chi connectivity index (χ0) is 108. The Morgan fingerprint density at radius 3 is 0.875 bits per heavy atom. The number of urea groups is 3. The van der Waals surface area contributed by atoms with Crippen LogP contribution in [0, 0.1) is 12.3 Å². The van der Waals surface area contributed by atoms with Crippen molar-refractivity contribution in [1.29, 1.82) is 0 Å². The van der Waals surface area contributed by atoms with E-state index < -0.39 is 140 Å². The van der Waals surface area contributed by atoms with E-state index in [-0.39, 0.29) is 111 Å². The zero-order valence-electron chi connectivity index (χ0n) is 83.0. The highest BCUT2D eigenvalue weighted by Gasteiger charge is 2.30. The average molecular weight is 2050 g/mol. The number of amides is 9. The number of hydrogen-bond donors (Lipinski definition) is 19. The molecule has 0 fully saturated rings. The highest BCUT2D eigenvalue weighted by molar-refractivity contribution is 5.89. The van der Waals surface area contributed by atoms with Gasteiger partial charge in [-0.2, -0.15) is 0 Å². The van der Waals surface area contributed by atoms with Crippen LogP contribution in [0.4, 0.5) is 14.4 Å². The van der Waals surface area contributed by atoms with Gasteiger partial charge in [-0.1, -0.05) is 63.5 Å². The molecule has 1 aromatic heterocycles. The number of carboxylic acids is 9. The summed E-state index contributed by atoms with van der Waals surface area (Å²) in [6, 6.07) is -11.5. The van der Waals surface area contributed by atoms with Crippen LogP contribution in [0.15, 0.2) is 6.20 Å². The van der Waals surface area contributed by atoms with Crippen molar-refractivity contribution < 1.29 is 176 Å². The van der Waals surface area contributed by atoms with Crippen LogP contribution < -0.4 is 53.6 Å². The summed E-state index contributed by atoms with van der Waals surface area (Å²) in [5, 5.41) is 111. The number of aryl methyl sites for hydroxylation is 2. The summed E-state index contributed by atoms with van der Waals surface area (Å²) >= 11 is 0. The van der Waals surface area contributed by atoms with E-state index in [1.54, 1.807) is 4.68 Å². The number of Topliss-reactive ketones (excluding diaryl/α,β-unsaturated/α-hetero) is 5. The number of nitrogens with zero attached hydrogens (tertiary/aromatic N) is 3. The van der Waals surface area contributed by atoms with Crippen molar-refractivity contribution in [2.75, 3.05) is 26.2 Å². The molecule has 9 amide bonds. The van der Waals surface area contributed by atoms with Crippen molar-refractivity contribution in [3.05, 3.63) is 11.9 Å². The highest BCUT2D eigenvalue weighted by Crippen LogP contribution is 2.20. The average Bonchev–Trinajstić information content (AvgIpc) is 1.67. The second kappa shape index (κ2) is 86.5. The van der Waals surface area contributed by atoms with Gasteiger partial charge in [0.05, 0.1) is 12.2 Å². The lowest BCUT2D eigenvalue weighted by molar-refractivity contribution is -0.368. The third kappa shape index (κ3) is 78.5. The number of hydrogen-bond acceptors (Lipinski definition) is 28. The topological polar surface area (TPSA) is 769 Å². The zero-order valence-corrected chi connectivity index (χ0v) is 83.0. The van der Waals surface area contributed by atoms with E-state index in [2.05, 4.69) is 76.7 Å². The largest absolute Gasteiger partial charge is 0.481 e. The molecule has 0 aliphatic heterocycles. The maximum absolute atomic E-state index is 12.5. The number of aliphatic carboxylic acids is 9. The SMILES string of the molecule is C#CCCC(=O)CCCCC[C@H](CC(=O)CCCCCCC(=O)NCCCC[C@H](NC(=O)N[C@@H](CCC(=O)O)C(=O)O)C(=O)O)OC=O.CCCn1cc(CCC(=O)CCCCC[C@H](CC(=O)CCCCCCC(=O)NCCCC[C@H](NC(=O)N[C@@H](CCC(=O)O)C(=O)O)C(=O)O)OC=O)nn1.[NH3+]CCCC[C@H](CC(=O)CCCCCCC(=O)NCCCC[C@H](NC(=O)N[C@@H](CCC(=O)O)C(=O)O)C(=O)O)OC=O. The van der Waals surface area contributed by atoms with Crippen LogP contribution in [0.1, 0.15) is 353 Å². The predicted molar refractivity (Wildman–Crippen MR) is 514 cm³/mol. The third-order valence-electron chi connectivity index (χ3n) is 22.5. The summed E-state index contributed by atoms with van der Waals surface area (Å²) in [6.07, 6.45) is 28.5. The fourth-order valence-corrected chi connectivity index (χ4v) is 14.4. The molecule has 0 bridgehead atoms. The van der Waals surface area contributed by atoms with Gasteiger partial charge in [0, 0.05) is 142 Å². The van der Waals surface area contributed by atoms with Gasteiger partial charge in [-0.3, -0.25) is 71.8 Å². The van der Waals surface area contributed by atoms with Gasteiger partial charge in [-0.05, 0) is 186 Å². The van der Waals surface area contributed by atoms with Crippen molar-refractivity contribution in [2.45, 2.75) is 415 Å². The van der Waals surface area contributed by atoms with E-state index in [1.807, 2.05) is 6.20 Å². The van der Waals surface area contributed by atoms with Crippen molar-refractivity contribution in [1.82, 2.24) is 62.8 Å². The van der Waals surface area contributed by atoms with Gasteiger partial charge in [0.2, 0.25) is 17.7 Å². The molecule has 1 rings (SSSR count). The second-order valence-electron chi connectivity index (χ2n) is 34.9. The summed E-state index contributed by atoms with van der Waals surface area (Å²) in [7, 11) is 0. The highest BCUT2D eigenvalue weighted by atomic mass is 16.5. The number of ketones is 5. The van der Waals surface area contributed by atoms with Gasteiger partial charge in [0.25, 0.3) is 19.4 Å². The number of quaternary nitrogens is 1. The minimum Gasteiger partial charge on any atom is -0.481 e. The van der Waals surface area contributed by atoms with E-state index in [0.717, 1.165) is 115 Å². The fraction of sp³-hybridized carbons (Fsp3) is 0.719. The Balaban J connectivity index is 0. The molecule has 0 spiro atoms. The second-order valence-corrected chi connectivity index (χ2v) is 34.9. The first kappa shape index (κ1) is 133. The first-order valence-electron chi connectivity index (χ1n) is 49.7. The van der Waals surface area contributed by atoms with Crippen LogP contribution in [0.25, 0.3) is 0 Å². The molecular formula is C96H156N13O35+. The van der Waals surface area contributed by atoms with Crippen molar-refractivity contribution >= 4 is 138 Å². The molecule has 0 unspecified atom stereocenters. The third-order valence-corrected chi connectivity index (χ3v) is 22.5. The molecule has 814 valence electrons. The summed E-state index contributed by atoms with van der Waals surface area (Å²) < 4.78 is 17.0. The molecule has 9 atom stereocenters. The fourth-order valence-electron chi connectivity index (χ4n) is 14.4. The maximum atomic E-state index is 12.5. The molecule has 144 heavy (non-hydrogen) atoms. The van der Waals surface area contributed by atoms with E-state index >= 15 is 0 Å². The molecular weight excluding hydrogens is 1900 g/mol. The number of rotatable bonds is 92. The molecule has 0 saturated heterocycles. The van der Waals surface area contributed by atoms with Crippen LogP contribution in [0.5, 0.6) is 0 Å². The first-order chi connectivity index (χ1) is 68.7. The van der Waals surface area contributed by atoms with Gasteiger partial charge in [0.15, 0.2) is 0 Å². The van der Waals surface area contributed by atoms with Crippen LogP contribution >= 0.6 is 0 Å². The van der Waals surface area contributed by atoms with E-state index in [1.165, 1.54) is 0 Å². The Morgan fingerprint density at radius 2 is 0.604 bits per heavy atom. The molecule has 48 heteroatoms. The molecule has 0 saturated carbocycles. The van der Waals surface area contributed by atoms with Gasteiger partial charge in [-0.15, -0.1) is 17.4 Å². The molecule has 0 aliphatic rings. The molecule has 48 nitrogen and oxygen atoms in total. The predicted octanol–water partition coefficient (Wildman–Crippen LogP) is 7.05. The Morgan fingerprint density at radius 1 is 0.340 bits per heavy atom. The molecule has 1 aromatic rings. The van der Waals surface area contributed by atoms with E-state index in [4.69, 9.17) is 51.3 Å². The number of ether oxygens (including phenoxy) is 3. The minimum absolute atomic E-state index is 0.00483. The number of carboxylic acid groups (broad SMARTS) is 9. The molecule has 0 radical (unpaired) electrons. The monoisotopic (exact) mass is 2050 g/mol. The Bertz CT molecular complexity index is 4090. The van der Waals surface area contributed by atoms with E-state index in [0.29, 0.717) is 212 Å². The lowest BCUT2D eigenvalue weighted by atomic mass is 10.0. The molecule has 0 aromatic carbocycles. The van der Waals surface area contributed by atoms with E-state index in [9.17, 15) is 126 Å². The Labute approximate surface area is 838 Å². The van der Waals surface area contributed by atoms with Crippen molar-refractivity contribution in [2.24, 2.45) is 0 Å². The van der Waals surface area contributed by atoms with Crippen LogP contribution in [-0.2, 0) is 123 Å². The van der Waals surface area contributed by atoms with Gasteiger partial charge < -0.3 is 114 Å². The van der Waals surface area contributed by atoms with Crippen LogP contribution in [-0.4, -0.2) is 280 Å². The molecule has 1 heterocycles. The minimum atomic E-state index is -1.49. The Kier molecular flexibility index (Phi) is 79.9. The summed E-state index contributed by atoms with van der Waals surface area (Å²) in [5.74, 6) is -9.64. The summed E-state index contributed by atoms with van der Waals surface area (Å²) in [5.41, 5.74) is 4.58. The van der Waals surface area contributed by atoms with Gasteiger partial charge in [-0.25, -0.2) is 43.2 Å². The maximum Gasteiger partial charge on any atom is 0.326 e. The first-order valence-corrected chi connectivity index (χ1v) is 49.7. The summed E-state index contributed by atoms with van der Waals surface area (Å²) in [6.45, 7) is 5.68. The molecule has 0 aliphatic carbocycles. The smallest absolute Gasteiger partial charge is 0.326 e. The number of terminal acetylenes is 1. The number of aromatic nitrogens is 3. The van der Waals surface area contributed by atoms with Crippen molar-refractivity contribution in [3.63, 3.8) is 0 Å². The van der Waals surface area contributed by atoms with Crippen LogP contribution in [0.3, 0.4) is 0 Å². The lowest BCUT2D eigenvalue weighted by Crippen LogP contribution is -2.51. The van der Waals surface area contributed by atoms with Crippen molar-refractivity contribution in [3.8, 4) is 12.3 Å². The number of carbonyl (C=O) groups excluding carboxylic acids is 14. The standard InChI is InChI=1S/C36H58N6O12.C33H51N3O12.C27H46N4O11/c1-2-22-42-24-26(40-41-42)17-18-27(44)12-7-5-8-14-29(54-25-43)23-28(45)13-6-3-4-9-16-32(46)37-21-11-10-15-30(34(49)50)38-36(53)39-31(35(51)52)19-20-33(47)48;1-2-3-13-24(38)14-8-6-9-16-26(48-23-37)22-25(39)15-7-4-5-10-18-29(40)34-21-12-11-17-27(31(43)44)35-33(47)36-28(32(45)46)19-20-30(41)42;28-15-7-5-10-20(42-18-32)17-19(33)9-3-1-2-4-12-23(34)29-16-8-6-11-21(25(37)38)30-27(41)31-22(26(39)40)13-14-24(35)36/h24-25,29-31H,2-23H2,1H3,(H,37,46)(H,47,48)(H,49,50)(H,51,52)(H2,38,39,53);1,23,26-28H,3-22H2,(H,34,40)(H,41,42)(H,43,44)(H,45,46)(H2,35,36,47);18,20-22H,1-17,28H2,(H,29,34)(H,35,36)(H,37,38)(H,39,40)(H2,30,31,41)/p+1/t29-,30+,31+;26-,27+,28+;20-,21+,22+/m111/s1. The lowest BCUT2D eigenvalue weighted by Gasteiger charge is -2.18. The van der Waals surface area contributed by atoms with Gasteiger partial charge in [0.1, 0.15) is 83.5 Å². The summed E-state index contributed by atoms with van der Waals surface area (Å²) in [4.78, 5) is 266. The number of nitrogens with one attached hydrogen (secondary N) is 9. The normalized spacial score (nSPS) is 12.6. The quantitative estimate of drug-likeness (QED) is 0.0134. The molecule has 21 N–H and O–H groups in total. The van der Waals surface area contributed by atoms with Gasteiger partial charge >= 0.3 is 71.8 Å². The number of unbranched alkanes of at least 4 members (excludes halogenated alkanes) is 17. The number of carbonyl (C=O) groups is 23. The Hall–Kier alpha value is -13.1. The van der Waals surface area contributed by atoms with Crippen LogP contribution in [0.2, 0.25) is 0 Å².